The fourth-order valence-corrected chi connectivity index (χ4v) is 4.30. The third-order valence-corrected chi connectivity index (χ3v) is 6.43. The van der Waals surface area contributed by atoms with Gasteiger partial charge in [-0.2, -0.15) is 0 Å². The topological polar surface area (TPSA) is 107 Å². The number of carbonyl (C=O) groups is 2. The zero-order chi connectivity index (χ0) is 26.1. The summed E-state index contributed by atoms with van der Waals surface area (Å²) in [6.07, 6.45) is 3.10. The molecule has 0 atom stereocenters. The summed E-state index contributed by atoms with van der Waals surface area (Å²) in [7, 11) is 3.11. The number of hydrogen-bond acceptors (Lipinski definition) is 7. The molecule has 0 spiro atoms. The lowest BCUT2D eigenvalue weighted by molar-refractivity contribution is -0.116. The highest BCUT2D eigenvalue weighted by Gasteiger charge is 2.14. The maximum absolute atomic E-state index is 12.4. The van der Waals surface area contributed by atoms with Gasteiger partial charge in [-0.15, -0.1) is 10.2 Å². The normalized spacial score (nSPS) is 10.9. The molecule has 0 aliphatic carbocycles. The van der Waals surface area contributed by atoms with Gasteiger partial charge >= 0.3 is 0 Å². The number of halogens is 2. The minimum atomic E-state index is -0.289. The van der Waals surface area contributed by atoms with Crippen LogP contribution in [0.3, 0.4) is 0 Å². The second-order valence-corrected chi connectivity index (χ2v) is 9.06. The van der Waals surface area contributed by atoms with Gasteiger partial charge in [0.15, 0.2) is 22.5 Å². The van der Waals surface area contributed by atoms with Crippen molar-refractivity contribution >= 4 is 58.5 Å². The Balaban J connectivity index is 1.55. The van der Waals surface area contributed by atoms with Crippen molar-refractivity contribution in [2.24, 2.45) is 0 Å². The number of hydrogen-bond donors (Lipinski definition) is 2. The number of anilines is 1. The minimum Gasteiger partial charge on any atom is -0.493 e. The molecule has 190 valence electrons. The summed E-state index contributed by atoms with van der Waals surface area (Å²) in [5, 5.41) is 15.3. The number of aromatic nitrogens is 3. The van der Waals surface area contributed by atoms with E-state index < -0.39 is 0 Å². The van der Waals surface area contributed by atoms with Crippen molar-refractivity contribution in [1.82, 2.24) is 20.1 Å². The van der Waals surface area contributed by atoms with E-state index in [0.29, 0.717) is 44.8 Å². The Hall–Kier alpha value is -3.21. The molecule has 3 aromatic rings. The van der Waals surface area contributed by atoms with Crippen LogP contribution in [0, 0.1) is 0 Å². The molecular formula is C24H25Cl2N5O4S. The molecule has 0 saturated heterocycles. The molecule has 1 heterocycles. The second-order valence-electron chi connectivity index (χ2n) is 7.27. The fraction of sp³-hybridized carbons (Fsp3) is 0.250. The number of nitrogens with one attached hydrogen (secondary N) is 2. The summed E-state index contributed by atoms with van der Waals surface area (Å²) in [6.45, 7) is 2.69. The van der Waals surface area contributed by atoms with Crippen LogP contribution in [0.2, 0.25) is 10.0 Å². The van der Waals surface area contributed by atoms with E-state index in [9.17, 15) is 9.59 Å². The lowest BCUT2D eigenvalue weighted by Gasteiger charge is -2.09. The third-order valence-electron chi connectivity index (χ3n) is 4.90. The van der Waals surface area contributed by atoms with Gasteiger partial charge in [-0.3, -0.25) is 9.59 Å². The van der Waals surface area contributed by atoms with Crippen LogP contribution < -0.4 is 20.1 Å². The smallest absolute Gasteiger partial charge is 0.244 e. The molecule has 0 bridgehead atoms. The van der Waals surface area contributed by atoms with E-state index in [1.165, 1.54) is 17.8 Å². The molecule has 0 saturated carbocycles. The molecule has 0 unspecified atom stereocenters. The van der Waals surface area contributed by atoms with Crippen LogP contribution in [0.4, 0.5) is 5.69 Å². The number of amides is 2. The zero-order valence-corrected chi connectivity index (χ0v) is 22.2. The summed E-state index contributed by atoms with van der Waals surface area (Å²) < 4.78 is 12.3. The molecular weight excluding hydrogens is 525 g/mol. The molecule has 0 radical (unpaired) electrons. The van der Waals surface area contributed by atoms with E-state index in [1.54, 1.807) is 50.6 Å². The van der Waals surface area contributed by atoms with Gasteiger partial charge in [0, 0.05) is 17.6 Å². The summed E-state index contributed by atoms with van der Waals surface area (Å²) >= 11 is 13.3. The Kier molecular flexibility index (Phi) is 10.0. The number of nitrogens with zero attached hydrogens (tertiary/aromatic N) is 3. The minimum absolute atomic E-state index is 0.0986. The maximum Gasteiger partial charge on any atom is 0.244 e. The van der Waals surface area contributed by atoms with Crippen molar-refractivity contribution < 1.29 is 19.1 Å². The Morgan fingerprint density at radius 1 is 1.08 bits per heavy atom. The lowest BCUT2D eigenvalue weighted by atomic mass is 10.2. The Labute approximate surface area is 223 Å². The second kappa shape index (κ2) is 13.2. The van der Waals surface area contributed by atoms with Crippen LogP contribution in [-0.2, 0) is 22.7 Å². The molecule has 12 heteroatoms. The monoisotopic (exact) mass is 549 g/mol. The molecule has 2 N–H and O–H groups in total. The first-order valence-corrected chi connectivity index (χ1v) is 12.6. The quantitative estimate of drug-likeness (QED) is 0.264. The average Bonchev–Trinajstić information content (AvgIpc) is 3.28. The molecule has 0 aliphatic rings. The van der Waals surface area contributed by atoms with Crippen molar-refractivity contribution in [3.05, 3.63) is 63.9 Å². The van der Waals surface area contributed by atoms with E-state index in [2.05, 4.69) is 20.8 Å². The summed E-state index contributed by atoms with van der Waals surface area (Å²) in [4.78, 5) is 24.7. The van der Waals surface area contributed by atoms with Crippen LogP contribution in [0.15, 0.2) is 47.6 Å². The highest BCUT2D eigenvalue weighted by molar-refractivity contribution is 7.99. The first-order valence-electron chi connectivity index (χ1n) is 10.8. The van der Waals surface area contributed by atoms with Gasteiger partial charge in [-0.05, 0) is 48.9 Å². The SMILES string of the molecule is CCn1c(CNC(=O)/C=C/c2ccc(OC)c(OC)c2)nnc1SCC(=O)Nc1cc(Cl)ccc1Cl. The molecule has 2 aromatic carbocycles. The lowest BCUT2D eigenvalue weighted by Crippen LogP contribution is -2.22. The van der Waals surface area contributed by atoms with E-state index in [-0.39, 0.29) is 24.1 Å². The van der Waals surface area contributed by atoms with Crippen LogP contribution in [-0.4, -0.2) is 46.6 Å². The Morgan fingerprint density at radius 3 is 2.58 bits per heavy atom. The summed E-state index contributed by atoms with van der Waals surface area (Å²) in [6, 6.07) is 10.2. The summed E-state index contributed by atoms with van der Waals surface area (Å²) in [5.74, 6) is 1.31. The van der Waals surface area contributed by atoms with Crippen molar-refractivity contribution in [2.45, 2.75) is 25.2 Å². The molecule has 9 nitrogen and oxygen atoms in total. The predicted octanol–water partition coefficient (Wildman–Crippen LogP) is 4.68. The van der Waals surface area contributed by atoms with Crippen LogP contribution >= 0.6 is 35.0 Å². The van der Waals surface area contributed by atoms with Gasteiger partial charge in [-0.1, -0.05) is 41.0 Å². The molecule has 36 heavy (non-hydrogen) atoms. The van der Waals surface area contributed by atoms with Crippen LogP contribution in [0.5, 0.6) is 11.5 Å². The number of ether oxygens (including phenoxy) is 2. The van der Waals surface area contributed by atoms with Crippen molar-refractivity contribution in [3.63, 3.8) is 0 Å². The van der Waals surface area contributed by atoms with E-state index in [1.807, 2.05) is 17.6 Å². The first-order chi connectivity index (χ1) is 17.3. The number of methoxy groups -OCH3 is 2. The Bertz CT molecular complexity index is 1270. The van der Waals surface area contributed by atoms with Crippen LogP contribution in [0.25, 0.3) is 6.08 Å². The number of thioether (sulfide) groups is 1. The highest BCUT2D eigenvalue weighted by Crippen LogP contribution is 2.28. The van der Waals surface area contributed by atoms with Crippen molar-refractivity contribution in [3.8, 4) is 11.5 Å². The molecule has 3 rings (SSSR count). The third kappa shape index (κ3) is 7.39. The number of benzene rings is 2. The maximum atomic E-state index is 12.4. The number of rotatable bonds is 11. The highest BCUT2D eigenvalue weighted by atomic mass is 35.5. The zero-order valence-electron chi connectivity index (χ0n) is 19.9. The predicted molar refractivity (Wildman–Crippen MR) is 142 cm³/mol. The van der Waals surface area contributed by atoms with Gasteiger partial charge in [0.2, 0.25) is 11.8 Å². The Morgan fingerprint density at radius 2 is 1.86 bits per heavy atom. The van der Waals surface area contributed by atoms with Gasteiger partial charge < -0.3 is 24.7 Å². The standard InChI is InChI=1S/C24H25Cl2N5O4S/c1-4-31-21(13-27-22(32)10-6-15-5-9-19(34-2)20(11-15)35-3)29-30-24(31)36-14-23(33)28-18-12-16(25)7-8-17(18)26/h5-12H,4,13-14H2,1-3H3,(H,27,32)(H,28,33)/b10-6+. The van der Waals surface area contributed by atoms with Gasteiger partial charge in [0.1, 0.15) is 0 Å². The molecule has 1 aromatic heterocycles. The fourth-order valence-electron chi connectivity index (χ4n) is 3.14. The first kappa shape index (κ1) is 27.4. The van der Waals surface area contributed by atoms with Gasteiger partial charge in [-0.25, -0.2) is 0 Å². The van der Waals surface area contributed by atoms with Crippen molar-refractivity contribution in [2.75, 3.05) is 25.3 Å². The molecule has 2 amide bonds. The van der Waals surface area contributed by atoms with Crippen LogP contribution in [0.1, 0.15) is 18.3 Å². The van der Waals surface area contributed by atoms with E-state index in [4.69, 9.17) is 32.7 Å². The van der Waals surface area contributed by atoms with Gasteiger partial charge in [0.05, 0.1) is 37.2 Å². The van der Waals surface area contributed by atoms with E-state index >= 15 is 0 Å². The number of carbonyl (C=O) groups excluding carboxylic acids is 2. The van der Waals surface area contributed by atoms with Gasteiger partial charge in [0.25, 0.3) is 0 Å². The largest absolute Gasteiger partial charge is 0.493 e. The molecule has 0 aliphatic heterocycles. The average molecular weight is 550 g/mol. The molecule has 0 fully saturated rings. The summed E-state index contributed by atoms with van der Waals surface area (Å²) in [5.41, 5.74) is 1.23. The van der Waals surface area contributed by atoms with Crippen molar-refractivity contribution in [1.29, 1.82) is 0 Å². The van der Waals surface area contributed by atoms with E-state index in [0.717, 1.165) is 5.56 Å².